The van der Waals surface area contributed by atoms with E-state index < -0.39 is 0 Å². The molecule has 0 radical (unpaired) electrons. The summed E-state index contributed by atoms with van der Waals surface area (Å²) in [5.41, 5.74) is 0. The summed E-state index contributed by atoms with van der Waals surface area (Å²) in [4.78, 5) is 9.77. The minimum atomic E-state index is 0.330. The first-order valence-electron chi connectivity index (χ1n) is 8.66. The van der Waals surface area contributed by atoms with Gasteiger partial charge in [0.05, 0.1) is 25.9 Å². The van der Waals surface area contributed by atoms with Crippen molar-refractivity contribution in [2.75, 3.05) is 19.8 Å². The molecule has 0 N–H and O–H groups in total. The number of thiazole rings is 1. The Kier molecular flexibility index (Phi) is 5.29. The van der Waals surface area contributed by atoms with Crippen molar-refractivity contribution in [1.82, 2.24) is 9.88 Å². The Balaban J connectivity index is 1.32. The van der Waals surface area contributed by atoms with Gasteiger partial charge in [-0.1, -0.05) is 0 Å². The van der Waals surface area contributed by atoms with Crippen LogP contribution in [0.4, 0.5) is 0 Å². The predicted molar refractivity (Wildman–Crippen MR) is 97.5 cm³/mol. The zero-order valence-corrected chi connectivity index (χ0v) is 15.7. The second kappa shape index (κ2) is 7.62. The van der Waals surface area contributed by atoms with Gasteiger partial charge in [0.15, 0.2) is 0 Å². The van der Waals surface area contributed by atoms with Crippen molar-refractivity contribution in [3.05, 3.63) is 38.5 Å². The van der Waals surface area contributed by atoms with Gasteiger partial charge in [-0.3, -0.25) is 4.90 Å². The molecule has 0 bridgehead atoms. The van der Waals surface area contributed by atoms with Gasteiger partial charge in [0.2, 0.25) is 0 Å². The van der Waals surface area contributed by atoms with Crippen molar-refractivity contribution in [3.63, 3.8) is 0 Å². The molecular weight excluding hydrogens is 340 g/mol. The van der Waals surface area contributed by atoms with Crippen molar-refractivity contribution >= 4 is 22.7 Å². The van der Waals surface area contributed by atoms with Gasteiger partial charge in [0.1, 0.15) is 5.01 Å². The lowest BCUT2D eigenvalue weighted by atomic mass is 10.0. The molecule has 2 aliphatic rings. The molecule has 1 aliphatic heterocycles. The number of ether oxygens (including phenoxy) is 2. The molecule has 2 aromatic rings. The fraction of sp³-hybridized carbons (Fsp3) is 0.611. The molecule has 4 rings (SSSR count). The first kappa shape index (κ1) is 16.7. The standard InChI is InChI=1S/C18H24N2O2S2/c1-13-2-4-15(24-13)10-20-7-8-22-18-14(3-5-16(18)20)11-21-12-17-19-6-9-23-17/h2,4,6,9,14,16,18H,3,5,7-8,10-12H2,1H3/t14-,16+,18-/m1/s1. The zero-order valence-electron chi connectivity index (χ0n) is 14.0. The highest BCUT2D eigenvalue weighted by Gasteiger charge is 2.42. The fourth-order valence-corrected chi connectivity index (χ4v) is 5.37. The molecule has 4 nitrogen and oxygen atoms in total. The zero-order chi connectivity index (χ0) is 16.4. The topological polar surface area (TPSA) is 34.6 Å². The summed E-state index contributed by atoms with van der Waals surface area (Å²) in [5, 5.41) is 3.06. The van der Waals surface area contributed by atoms with Crippen molar-refractivity contribution in [1.29, 1.82) is 0 Å². The van der Waals surface area contributed by atoms with Crippen LogP contribution in [0.25, 0.3) is 0 Å². The molecule has 3 heterocycles. The Morgan fingerprint density at radius 3 is 3.12 bits per heavy atom. The first-order chi connectivity index (χ1) is 11.8. The molecule has 0 aromatic carbocycles. The van der Waals surface area contributed by atoms with Gasteiger partial charge < -0.3 is 9.47 Å². The van der Waals surface area contributed by atoms with Gasteiger partial charge in [-0.2, -0.15) is 0 Å². The summed E-state index contributed by atoms with van der Waals surface area (Å²) < 4.78 is 12.1. The van der Waals surface area contributed by atoms with Crippen molar-refractivity contribution < 1.29 is 9.47 Å². The Morgan fingerprint density at radius 2 is 2.33 bits per heavy atom. The monoisotopic (exact) mass is 364 g/mol. The number of fused-ring (bicyclic) bond motifs is 1. The predicted octanol–water partition coefficient (Wildman–Crippen LogP) is 3.71. The SMILES string of the molecule is Cc1ccc(CN2CCO[C@@H]3[C@@H](COCc4nccs4)CC[C@@H]32)s1. The number of rotatable bonds is 6. The second-order valence-corrected chi connectivity index (χ2v) is 9.02. The minimum absolute atomic E-state index is 0.330. The van der Waals surface area contributed by atoms with E-state index in [1.54, 1.807) is 11.3 Å². The van der Waals surface area contributed by atoms with Gasteiger partial charge >= 0.3 is 0 Å². The number of hydrogen-bond acceptors (Lipinski definition) is 6. The number of aromatic nitrogens is 1. The Hall–Kier alpha value is -0.790. The van der Waals surface area contributed by atoms with Crippen LogP contribution in [0.15, 0.2) is 23.7 Å². The second-order valence-electron chi connectivity index (χ2n) is 6.66. The highest BCUT2D eigenvalue weighted by atomic mass is 32.1. The fourth-order valence-electron chi connectivity index (χ4n) is 3.90. The highest BCUT2D eigenvalue weighted by molar-refractivity contribution is 7.11. The van der Waals surface area contributed by atoms with E-state index in [1.807, 2.05) is 22.9 Å². The van der Waals surface area contributed by atoms with Crippen LogP contribution in [0.5, 0.6) is 0 Å². The van der Waals surface area contributed by atoms with E-state index in [4.69, 9.17) is 9.47 Å². The van der Waals surface area contributed by atoms with E-state index in [0.29, 0.717) is 24.7 Å². The summed E-state index contributed by atoms with van der Waals surface area (Å²) >= 11 is 3.57. The van der Waals surface area contributed by atoms with Gasteiger partial charge in [0.25, 0.3) is 0 Å². The highest BCUT2D eigenvalue weighted by Crippen LogP contribution is 2.36. The summed E-state index contributed by atoms with van der Waals surface area (Å²) in [5.74, 6) is 0.517. The maximum atomic E-state index is 6.14. The van der Waals surface area contributed by atoms with Crippen molar-refractivity contribution in [2.24, 2.45) is 5.92 Å². The van der Waals surface area contributed by atoms with Crippen LogP contribution in [0, 0.1) is 12.8 Å². The van der Waals surface area contributed by atoms with E-state index in [1.165, 1.54) is 22.6 Å². The van der Waals surface area contributed by atoms with Crippen LogP contribution in [0.1, 0.15) is 27.6 Å². The molecule has 0 unspecified atom stereocenters. The number of aryl methyl sites for hydroxylation is 1. The van der Waals surface area contributed by atoms with E-state index in [0.717, 1.165) is 31.3 Å². The van der Waals surface area contributed by atoms with Crippen LogP contribution in [-0.4, -0.2) is 41.8 Å². The molecule has 3 atom stereocenters. The Labute approximate surface area is 151 Å². The number of thiophene rings is 1. The van der Waals surface area contributed by atoms with E-state index in [2.05, 4.69) is 28.9 Å². The quantitative estimate of drug-likeness (QED) is 0.783. The molecule has 6 heteroatoms. The molecule has 1 saturated carbocycles. The Bertz CT molecular complexity index is 643. The van der Waals surface area contributed by atoms with Crippen molar-refractivity contribution in [2.45, 2.75) is 45.1 Å². The minimum Gasteiger partial charge on any atom is -0.375 e. The van der Waals surface area contributed by atoms with Gasteiger partial charge in [-0.25, -0.2) is 4.98 Å². The molecule has 2 fully saturated rings. The van der Waals surface area contributed by atoms with Gasteiger partial charge in [-0.05, 0) is 31.9 Å². The number of morpholine rings is 1. The molecule has 2 aromatic heterocycles. The molecule has 0 spiro atoms. The van der Waals surface area contributed by atoms with E-state index >= 15 is 0 Å². The summed E-state index contributed by atoms with van der Waals surface area (Å²) in [7, 11) is 0. The first-order valence-corrected chi connectivity index (χ1v) is 10.4. The average Bonchev–Trinajstić information content (AvgIpc) is 3.30. The third kappa shape index (κ3) is 3.73. The van der Waals surface area contributed by atoms with Crippen LogP contribution in [0.3, 0.4) is 0 Å². The molecule has 24 heavy (non-hydrogen) atoms. The van der Waals surface area contributed by atoms with Crippen LogP contribution >= 0.6 is 22.7 Å². The average molecular weight is 365 g/mol. The molecule has 1 aliphatic carbocycles. The molecule has 0 amide bonds. The number of hydrogen-bond donors (Lipinski definition) is 0. The maximum Gasteiger partial charge on any atom is 0.118 e. The van der Waals surface area contributed by atoms with E-state index in [-0.39, 0.29) is 0 Å². The normalized spacial score (nSPS) is 27.5. The summed E-state index contributed by atoms with van der Waals surface area (Å²) in [6.07, 6.45) is 4.59. The summed E-state index contributed by atoms with van der Waals surface area (Å²) in [6.45, 7) is 6.55. The smallest absolute Gasteiger partial charge is 0.118 e. The largest absolute Gasteiger partial charge is 0.375 e. The summed E-state index contributed by atoms with van der Waals surface area (Å²) in [6, 6.07) is 5.05. The van der Waals surface area contributed by atoms with Crippen LogP contribution in [0.2, 0.25) is 0 Å². The third-order valence-electron chi connectivity index (χ3n) is 5.03. The van der Waals surface area contributed by atoms with Crippen molar-refractivity contribution in [3.8, 4) is 0 Å². The lowest BCUT2D eigenvalue weighted by molar-refractivity contribution is -0.0889. The van der Waals surface area contributed by atoms with Gasteiger partial charge in [-0.15, -0.1) is 22.7 Å². The maximum absolute atomic E-state index is 6.14. The molecule has 1 saturated heterocycles. The van der Waals surface area contributed by atoms with E-state index in [9.17, 15) is 0 Å². The lowest BCUT2D eigenvalue weighted by Gasteiger charge is -2.39. The van der Waals surface area contributed by atoms with Gasteiger partial charge in [0, 0.05) is 46.4 Å². The van der Waals surface area contributed by atoms with Crippen LogP contribution in [-0.2, 0) is 22.6 Å². The Morgan fingerprint density at radius 1 is 1.38 bits per heavy atom. The van der Waals surface area contributed by atoms with Crippen LogP contribution < -0.4 is 0 Å². The molecule has 130 valence electrons. The third-order valence-corrected chi connectivity index (χ3v) is 6.77. The lowest BCUT2D eigenvalue weighted by Crippen LogP contribution is -2.50. The number of nitrogens with zero attached hydrogens (tertiary/aromatic N) is 2. The molecular formula is C18H24N2O2S2.